The lowest BCUT2D eigenvalue weighted by molar-refractivity contribution is -0.142. The average Bonchev–Trinajstić information content (AvgIpc) is 3.75. The molecule has 0 fully saturated rings. The molecule has 0 radical (unpaired) electrons. The number of imidazole rings is 1. The predicted molar refractivity (Wildman–Crippen MR) is 178 cm³/mol. The number of hydrogen-bond acceptors (Lipinski definition) is 7. The molecule has 2 aromatic heterocycles. The first-order valence-corrected chi connectivity index (χ1v) is 15.4. The summed E-state index contributed by atoms with van der Waals surface area (Å²) in [5.41, 5.74) is 9.74. The molecule has 13 nitrogen and oxygen atoms in total. The summed E-state index contributed by atoms with van der Waals surface area (Å²) in [4.78, 5) is 63.2. The first kappa shape index (κ1) is 33.4. The van der Waals surface area contributed by atoms with Gasteiger partial charge in [0, 0.05) is 54.7 Å². The molecular formula is C35H37N7O6. The highest BCUT2D eigenvalue weighted by Crippen LogP contribution is 2.20. The molecule has 13 heteroatoms. The number of aromatic hydroxyl groups is 1. The molecule has 4 atom stereocenters. The molecule has 248 valence electrons. The van der Waals surface area contributed by atoms with Crippen LogP contribution in [0.5, 0.6) is 5.75 Å². The van der Waals surface area contributed by atoms with E-state index in [1.165, 1.54) is 18.5 Å². The number of phenolic OH excluding ortho intramolecular Hbond substituents is 1. The van der Waals surface area contributed by atoms with Crippen LogP contribution in [0.3, 0.4) is 0 Å². The molecule has 0 spiro atoms. The van der Waals surface area contributed by atoms with E-state index >= 15 is 0 Å². The van der Waals surface area contributed by atoms with Crippen LogP contribution in [-0.2, 0) is 44.9 Å². The second kappa shape index (κ2) is 15.6. The number of nitrogens with two attached hydrogens (primary N) is 1. The zero-order valence-corrected chi connectivity index (χ0v) is 25.9. The lowest BCUT2D eigenvalue weighted by Crippen LogP contribution is -2.58. The minimum atomic E-state index is -1.28. The third-order valence-electron chi connectivity index (χ3n) is 7.97. The van der Waals surface area contributed by atoms with Crippen LogP contribution >= 0.6 is 0 Å². The number of carbonyl (C=O) groups is 4. The van der Waals surface area contributed by atoms with Crippen molar-refractivity contribution in [2.75, 3.05) is 0 Å². The van der Waals surface area contributed by atoms with Gasteiger partial charge in [-0.2, -0.15) is 0 Å². The van der Waals surface area contributed by atoms with Crippen LogP contribution in [-0.4, -0.2) is 73.0 Å². The number of carboxylic acid groups (broad SMARTS) is 1. The molecule has 0 aliphatic heterocycles. The molecule has 0 aliphatic rings. The number of nitrogens with one attached hydrogen (secondary N) is 5. The predicted octanol–water partition coefficient (Wildman–Crippen LogP) is 1.73. The van der Waals surface area contributed by atoms with Crippen molar-refractivity contribution >= 4 is 34.6 Å². The van der Waals surface area contributed by atoms with Gasteiger partial charge in [0.05, 0.1) is 12.4 Å². The second-order valence-electron chi connectivity index (χ2n) is 11.5. The molecule has 0 saturated carbocycles. The maximum absolute atomic E-state index is 14.0. The summed E-state index contributed by atoms with van der Waals surface area (Å²) in [5, 5.41) is 28.6. The molecule has 0 aliphatic carbocycles. The van der Waals surface area contributed by atoms with Crippen LogP contribution < -0.4 is 21.7 Å². The molecule has 3 amide bonds. The monoisotopic (exact) mass is 651 g/mol. The average molecular weight is 652 g/mol. The zero-order valence-electron chi connectivity index (χ0n) is 25.9. The van der Waals surface area contributed by atoms with Gasteiger partial charge in [0.25, 0.3) is 0 Å². The highest BCUT2D eigenvalue weighted by Gasteiger charge is 2.31. The number of carbonyl (C=O) groups excluding carboxylic acids is 3. The number of para-hydroxylation sites is 1. The summed E-state index contributed by atoms with van der Waals surface area (Å²) >= 11 is 0. The van der Waals surface area contributed by atoms with E-state index in [0.717, 1.165) is 16.5 Å². The van der Waals surface area contributed by atoms with Gasteiger partial charge in [-0.25, -0.2) is 9.78 Å². The van der Waals surface area contributed by atoms with E-state index in [1.54, 1.807) is 54.9 Å². The number of aromatic nitrogens is 3. The third kappa shape index (κ3) is 8.85. The molecule has 4 unspecified atom stereocenters. The van der Waals surface area contributed by atoms with Crippen molar-refractivity contribution in [2.45, 2.75) is 49.9 Å². The van der Waals surface area contributed by atoms with Gasteiger partial charge in [-0.15, -0.1) is 0 Å². The smallest absolute Gasteiger partial charge is 0.326 e. The molecular weight excluding hydrogens is 614 g/mol. The highest BCUT2D eigenvalue weighted by molar-refractivity contribution is 5.95. The molecule has 3 aromatic carbocycles. The molecule has 0 saturated heterocycles. The molecule has 9 N–H and O–H groups in total. The number of phenols is 1. The number of carboxylic acids is 1. The fraction of sp³-hybridized carbons (Fsp3) is 0.229. The van der Waals surface area contributed by atoms with Crippen molar-refractivity contribution in [2.24, 2.45) is 5.73 Å². The van der Waals surface area contributed by atoms with Crippen LogP contribution in [0.1, 0.15) is 22.4 Å². The number of aromatic amines is 2. The van der Waals surface area contributed by atoms with E-state index in [2.05, 4.69) is 30.9 Å². The Bertz CT molecular complexity index is 1840. The number of fused-ring (bicyclic) bond motifs is 1. The van der Waals surface area contributed by atoms with E-state index < -0.39 is 47.9 Å². The van der Waals surface area contributed by atoms with Crippen LogP contribution in [0.25, 0.3) is 10.9 Å². The van der Waals surface area contributed by atoms with Gasteiger partial charge in [0.1, 0.15) is 23.9 Å². The second-order valence-corrected chi connectivity index (χ2v) is 11.5. The summed E-state index contributed by atoms with van der Waals surface area (Å²) in [6.07, 6.45) is 5.00. The van der Waals surface area contributed by atoms with Crippen molar-refractivity contribution in [1.29, 1.82) is 0 Å². The Balaban J connectivity index is 1.39. The molecule has 5 aromatic rings. The molecule has 2 heterocycles. The summed E-state index contributed by atoms with van der Waals surface area (Å²) < 4.78 is 0. The van der Waals surface area contributed by atoms with Crippen LogP contribution in [0.2, 0.25) is 0 Å². The number of hydrogen-bond donors (Lipinski definition) is 8. The number of aliphatic carboxylic acids is 1. The van der Waals surface area contributed by atoms with E-state index in [4.69, 9.17) is 5.73 Å². The minimum absolute atomic E-state index is 0.0190. The maximum atomic E-state index is 14.0. The highest BCUT2D eigenvalue weighted by atomic mass is 16.4. The summed E-state index contributed by atoms with van der Waals surface area (Å²) in [6, 6.07) is 17.8. The van der Waals surface area contributed by atoms with Gasteiger partial charge < -0.3 is 41.9 Å². The Kier molecular flexibility index (Phi) is 10.8. The quantitative estimate of drug-likeness (QED) is 0.0832. The number of amides is 3. The van der Waals surface area contributed by atoms with Gasteiger partial charge in [0.15, 0.2) is 0 Å². The number of rotatable bonds is 15. The Morgan fingerprint density at radius 3 is 2.00 bits per heavy atom. The number of H-pyrrole nitrogens is 2. The summed E-state index contributed by atoms with van der Waals surface area (Å²) in [7, 11) is 0. The zero-order chi connectivity index (χ0) is 34.0. The Hall–Kier alpha value is -5.95. The van der Waals surface area contributed by atoms with Gasteiger partial charge in [-0.3, -0.25) is 14.4 Å². The Morgan fingerprint density at radius 2 is 1.31 bits per heavy atom. The standard InChI is InChI=1S/C35H37N7O6/c36-27(17-24-19-37-20-39-24)32(44)40-30(16-23-18-38-28-9-5-4-8-26(23)28)34(46)41-29(14-22-10-12-25(43)13-11-22)33(45)42-31(35(47)48)15-21-6-2-1-3-7-21/h1-13,18-20,27,29-31,38,43H,14-17,36H2,(H,37,39)(H,40,44)(H,41,46)(H,42,45)(H,47,48). The summed E-state index contributed by atoms with van der Waals surface area (Å²) in [6.45, 7) is 0. The Morgan fingerprint density at radius 1 is 0.708 bits per heavy atom. The van der Waals surface area contributed by atoms with E-state index in [9.17, 15) is 29.4 Å². The van der Waals surface area contributed by atoms with Gasteiger partial charge in [-0.05, 0) is 34.9 Å². The normalized spacial score (nSPS) is 13.6. The number of nitrogens with zero attached hydrogens (tertiary/aromatic N) is 1. The van der Waals surface area contributed by atoms with Crippen molar-refractivity contribution in [3.63, 3.8) is 0 Å². The Labute approximate surface area is 276 Å². The minimum Gasteiger partial charge on any atom is -0.508 e. The fourth-order valence-electron chi connectivity index (χ4n) is 5.41. The van der Waals surface area contributed by atoms with Gasteiger partial charge in [0.2, 0.25) is 17.7 Å². The van der Waals surface area contributed by atoms with Crippen LogP contribution in [0.4, 0.5) is 0 Å². The van der Waals surface area contributed by atoms with E-state index in [-0.39, 0.29) is 31.4 Å². The van der Waals surface area contributed by atoms with Crippen LogP contribution in [0, 0.1) is 0 Å². The summed E-state index contributed by atoms with van der Waals surface area (Å²) in [5.74, 6) is -3.20. The molecule has 0 bridgehead atoms. The van der Waals surface area contributed by atoms with Crippen molar-refractivity contribution < 1.29 is 29.4 Å². The fourth-order valence-corrected chi connectivity index (χ4v) is 5.41. The van der Waals surface area contributed by atoms with Gasteiger partial charge in [-0.1, -0.05) is 60.7 Å². The lowest BCUT2D eigenvalue weighted by atomic mass is 10.0. The van der Waals surface area contributed by atoms with E-state index in [1.807, 2.05) is 24.3 Å². The van der Waals surface area contributed by atoms with Crippen molar-refractivity contribution in [1.82, 2.24) is 30.9 Å². The van der Waals surface area contributed by atoms with Crippen LogP contribution in [0.15, 0.2) is 97.6 Å². The van der Waals surface area contributed by atoms with E-state index in [0.29, 0.717) is 16.8 Å². The molecule has 5 rings (SSSR count). The third-order valence-corrected chi connectivity index (χ3v) is 7.97. The van der Waals surface area contributed by atoms with Gasteiger partial charge >= 0.3 is 5.97 Å². The first-order chi connectivity index (χ1) is 23.2. The van der Waals surface area contributed by atoms with Crippen molar-refractivity contribution in [3.05, 3.63) is 120 Å². The maximum Gasteiger partial charge on any atom is 0.326 e. The lowest BCUT2D eigenvalue weighted by Gasteiger charge is -2.25. The first-order valence-electron chi connectivity index (χ1n) is 15.4. The number of benzene rings is 3. The topological polar surface area (TPSA) is 215 Å². The van der Waals surface area contributed by atoms with Crippen molar-refractivity contribution in [3.8, 4) is 5.75 Å². The SMILES string of the molecule is NC(Cc1cnc[nH]1)C(=O)NC(Cc1c[nH]c2ccccc12)C(=O)NC(Cc1ccc(O)cc1)C(=O)NC(Cc1ccccc1)C(=O)O. The molecule has 48 heavy (non-hydrogen) atoms. The largest absolute Gasteiger partial charge is 0.508 e.